The van der Waals surface area contributed by atoms with E-state index in [0.29, 0.717) is 30.8 Å². The van der Waals surface area contributed by atoms with Crippen molar-refractivity contribution in [2.24, 2.45) is 0 Å². The van der Waals surface area contributed by atoms with Crippen LogP contribution in [-0.2, 0) is 25.7 Å². The number of anilines is 1. The number of aliphatic hydroxyl groups is 2. The molecule has 1 fully saturated rings. The van der Waals surface area contributed by atoms with E-state index < -0.39 is 6.29 Å². The van der Waals surface area contributed by atoms with Crippen LogP contribution < -0.4 is 10.6 Å². The molecule has 3 atom stereocenters. The number of carbonyl (C=O) groups is 2. The molecule has 0 spiro atoms. The van der Waals surface area contributed by atoms with E-state index in [0.717, 1.165) is 41.7 Å². The molecule has 37 heavy (non-hydrogen) atoms. The molecule has 3 unspecified atom stereocenters. The van der Waals surface area contributed by atoms with Crippen LogP contribution in [0.5, 0.6) is 0 Å². The van der Waals surface area contributed by atoms with Gasteiger partial charge in [-0.3, -0.25) is 9.59 Å². The van der Waals surface area contributed by atoms with Gasteiger partial charge in [-0.15, -0.1) is 0 Å². The zero-order valence-electron chi connectivity index (χ0n) is 21.4. The minimum absolute atomic E-state index is 0.000541. The number of benzene rings is 2. The van der Waals surface area contributed by atoms with Crippen LogP contribution in [0.25, 0.3) is 0 Å². The van der Waals surface area contributed by atoms with Crippen molar-refractivity contribution in [2.75, 3.05) is 30.0 Å². The van der Waals surface area contributed by atoms with E-state index in [1.165, 1.54) is 6.92 Å². The molecule has 1 aliphatic heterocycles. The fraction of sp³-hybridized carbons (Fsp3) is 0.500. The third kappa shape index (κ3) is 10.1. The minimum atomic E-state index is -0.552. The predicted octanol–water partition coefficient (Wildman–Crippen LogP) is 4.08. The Labute approximate surface area is 223 Å². The Morgan fingerprint density at radius 1 is 0.973 bits per heavy atom. The summed E-state index contributed by atoms with van der Waals surface area (Å²) in [5.74, 6) is 1.34. The summed E-state index contributed by atoms with van der Waals surface area (Å²) >= 11 is 1.65. The van der Waals surface area contributed by atoms with Gasteiger partial charge in [0.2, 0.25) is 11.8 Å². The van der Waals surface area contributed by atoms with Crippen LogP contribution in [0.15, 0.2) is 48.5 Å². The van der Waals surface area contributed by atoms with E-state index in [9.17, 15) is 14.7 Å². The lowest BCUT2D eigenvalue weighted by atomic mass is 10.0. The zero-order chi connectivity index (χ0) is 26.5. The summed E-state index contributed by atoms with van der Waals surface area (Å²) in [6, 6.07) is 15.3. The Morgan fingerprint density at radius 2 is 1.70 bits per heavy atom. The molecule has 4 N–H and O–H groups in total. The van der Waals surface area contributed by atoms with E-state index in [1.54, 1.807) is 11.8 Å². The number of thioether (sulfide) groups is 1. The normalized spacial score (nSPS) is 19.4. The quantitative estimate of drug-likeness (QED) is 0.272. The number of aliphatic hydroxyl groups excluding tert-OH is 2. The highest BCUT2D eigenvalue weighted by molar-refractivity contribution is 7.99. The molecule has 1 aliphatic rings. The van der Waals surface area contributed by atoms with Crippen LogP contribution in [0.4, 0.5) is 5.69 Å². The maximum Gasteiger partial charge on any atom is 0.224 e. The van der Waals surface area contributed by atoms with Gasteiger partial charge in [0.15, 0.2) is 6.29 Å². The fourth-order valence-electron chi connectivity index (χ4n) is 4.10. The smallest absolute Gasteiger partial charge is 0.224 e. The third-order valence-corrected chi connectivity index (χ3v) is 7.15. The van der Waals surface area contributed by atoms with Crippen molar-refractivity contribution in [3.05, 3.63) is 65.2 Å². The van der Waals surface area contributed by atoms with E-state index in [4.69, 9.17) is 14.6 Å². The molecule has 202 valence electrons. The van der Waals surface area contributed by atoms with Crippen molar-refractivity contribution in [1.82, 2.24) is 5.32 Å². The molecule has 2 aromatic rings. The van der Waals surface area contributed by atoms with Gasteiger partial charge in [-0.05, 0) is 36.1 Å². The second-order valence-electron chi connectivity index (χ2n) is 9.11. The summed E-state index contributed by atoms with van der Waals surface area (Å²) in [5, 5.41) is 24.2. The SMILES string of the molecule is CC(=O)NCCCCCC(=O)Nc1ccc(C2OC(CSCCO)CC(c3ccc(CO)cc3)O2)cc1. The minimum Gasteiger partial charge on any atom is -0.396 e. The summed E-state index contributed by atoms with van der Waals surface area (Å²) in [5.41, 5.74) is 3.47. The topological polar surface area (TPSA) is 117 Å². The van der Waals surface area contributed by atoms with E-state index in [1.807, 2.05) is 48.5 Å². The fourth-order valence-corrected chi connectivity index (χ4v) is 4.87. The molecule has 3 rings (SSSR count). The number of amides is 2. The Balaban J connectivity index is 1.56. The van der Waals surface area contributed by atoms with Crippen LogP contribution in [0.2, 0.25) is 0 Å². The van der Waals surface area contributed by atoms with Crippen molar-refractivity contribution in [3.63, 3.8) is 0 Å². The molecule has 0 saturated carbocycles. The molecule has 8 nitrogen and oxygen atoms in total. The molecule has 0 radical (unpaired) electrons. The Hall–Kier alpha value is -2.43. The van der Waals surface area contributed by atoms with Crippen LogP contribution in [0, 0.1) is 0 Å². The molecule has 0 aliphatic carbocycles. The van der Waals surface area contributed by atoms with Crippen molar-refractivity contribution < 1.29 is 29.3 Å². The van der Waals surface area contributed by atoms with E-state index in [-0.39, 0.29) is 37.2 Å². The first kappa shape index (κ1) is 29.1. The lowest BCUT2D eigenvalue weighted by Gasteiger charge is -2.36. The van der Waals surface area contributed by atoms with Crippen molar-refractivity contribution in [3.8, 4) is 0 Å². The molecular weight excluding hydrogens is 492 g/mol. The first-order valence-corrected chi connectivity index (χ1v) is 14.0. The highest BCUT2D eigenvalue weighted by Crippen LogP contribution is 2.39. The number of rotatable bonds is 14. The highest BCUT2D eigenvalue weighted by atomic mass is 32.2. The molecule has 0 aromatic heterocycles. The van der Waals surface area contributed by atoms with Gasteiger partial charge in [0.1, 0.15) is 0 Å². The largest absolute Gasteiger partial charge is 0.396 e. The molecular formula is C28H38N2O6S. The summed E-state index contributed by atoms with van der Waals surface area (Å²) in [6.07, 6.45) is 2.89. The average Bonchev–Trinajstić information content (AvgIpc) is 2.91. The summed E-state index contributed by atoms with van der Waals surface area (Å²) in [4.78, 5) is 23.2. The highest BCUT2D eigenvalue weighted by Gasteiger charge is 2.32. The maximum atomic E-state index is 12.3. The summed E-state index contributed by atoms with van der Waals surface area (Å²) in [7, 11) is 0. The van der Waals surface area contributed by atoms with Gasteiger partial charge in [0, 0.05) is 49.1 Å². The third-order valence-electron chi connectivity index (χ3n) is 6.08. The predicted molar refractivity (Wildman–Crippen MR) is 145 cm³/mol. The van der Waals surface area contributed by atoms with Gasteiger partial charge >= 0.3 is 0 Å². The number of hydrogen-bond donors (Lipinski definition) is 4. The van der Waals surface area contributed by atoms with E-state index in [2.05, 4.69) is 10.6 Å². The molecule has 2 amide bonds. The second kappa shape index (κ2) is 15.7. The molecule has 9 heteroatoms. The van der Waals surface area contributed by atoms with Gasteiger partial charge in [0.25, 0.3) is 0 Å². The van der Waals surface area contributed by atoms with Gasteiger partial charge in [-0.25, -0.2) is 0 Å². The first-order valence-electron chi connectivity index (χ1n) is 12.8. The summed E-state index contributed by atoms with van der Waals surface area (Å²) in [6.45, 7) is 2.27. The van der Waals surface area contributed by atoms with Crippen molar-refractivity contribution >= 4 is 29.3 Å². The maximum absolute atomic E-state index is 12.3. The number of carbonyl (C=O) groups excluding carboxylic acids is 2. The molecule has 0 bridgehead atoms. The van der Waals surface area contributed by atoms with Crippen molar-refractivity contribution in [2.45, 2.75) is 64.1 Å². The Bertz CT molecular complexity index is 970. The van der Waals surface area contributed by atoms with Crippen LogP contribution >= 0.6 is 11.8 Å². The van der Waals surface area contributed by atoms with Gasteiger partial charge in [0.05, 0.1) is 25.4 Å². The monoisotopic (exact) mass is 530 g/mol. The number of unbranched alkanes of at least 4 members (excludes halogenated alkanes) is 2. The average molecular weight is 531 g/mol. The van der Waals surface area contributed by atoms with Crippen molar-refractivity contribution in [1.29, 1.82) is 0 Å². The number of hydrogen-bond acceptors (Lipinski definition) is 7. The van der Waals surface area contributed by atoms with Gasteiger partial charge in [-0.1, -0.05) is 42.8 Å². The number of ether oxygens (including phenoxy) is 2. The lowest BCUT2D eigenvalue weighted by Crippen LogP contribution is -2.31. The molecule has 2 aromatic carbocycles. The summed E-state index contributed by atoms with van der Waals surface area (Å²) < 4.78 is 12.6. The molecule has 1 heterocycles. The number of nitrogens with one attached hydrogen (secondary N) is 2. The van der Waals surface area contributed by atoms with Crippen LogP contribution in [0.1, 0.15) is 68.1 Å². The lowest BCUT2D eigenvalue weighted by molar-refractivity contribution is -0.245. The van der Waals surface area contributed by atoms with Crippen LogP contribution in [-0.4, -0.2) is 52.8 Å². The van der Waals surface area contributed by atoms with Gasteiger partial charge < -0.3 is 30.3 Å². The van der Waals surface area contributed by atoms with Gasteiger partial charge in [-0.2, -0.15) is 11.8 Å². The standard InChI is InChI=1S/C28H38N2O6S/c1-20(33)29-14-4-2-3-5-27(34)30-24-12-10-23(11-13-24)28-35-25(19-37-16-15-31)17-26(36-28)22-8-6-21(18-32)7-9-22/h6-13,25-26,28,31-32H,2-5,14-19H2,1H3,(H,29,33)(H,30,34). The Kier molecular flexibility index (Phi) is 12.4. The van der Waals surface area contributed by atoms with E-state index >= 15 is 0 Å². The zero-order valence-corrected chi connectivity index (χ0v) is 22.2. The molecule has 1 saturated heterocycles. The van der Waals surface area contributed by atoms with Crippen LogP contribution in [0.3, 0.4) is 0 Å². The Morgan fingerprint density at radius 3 is 2.38 bits per heavy atom. The second-order valence-corrected chi connectivity index (χ2v) is 10.3. The first-order chi connectivity index (χ1) is 18.0.